The number of benzene rings is 2. The minimum Gasteiger partial charge on any atom is -0.494 e. The van der Waals surface area contributed by atoms with Gasteiger partial charge < -0.3 is 29.5 Å². The second kappa shape index (κ2) is 12.1. The van der Waals surface area contributed by atoms with Crippen molar-refractivity contribution in [2.45, 2.75) is 57.3 Å². The van der Waals surface area contributed by atoms with Gasteiger partial charge in [-0.15, -0.1) is 0 Å². The molecule has 0 saturated carbocycles. The summed E-state index contributed by atoms with van der Waals surface area (Å²) in [6, 6.07) is 14.5. The van der Waals surface area contributed by atoms with E-state index in [9.17, 15) is 20.1 Å². The molecule has 0 radical (unpaired) electrons. The molecule has 10 heteroatoms. The molecular formula is C27H31ClN2O7. The Bertz CT molecular complexity index is 1200. The van der Waals surface area contributed by atoms with Crippen molar-refractivity contribution in [2.75, 3.05) is 13.2 Å². The highest BCUT2D eigenvalue weighted by Gasteiger charge is 2.44. The number of aromatic nitrogens is 2. The molecule has 3 N–H and O–H groups in total. The maximum absolute atomic E-state index is 12.2. The van der Waals surface area contributed by atoms with Crippen molar-refractivity contribution in [1.82, 2.24) is 9.78 Å². The fraction of sp³-hybridized carbons (Fsp3) is 0.407. The number of halogens is 1. The van der Waals surface area contributed by atoms with Gasteiger partial charge in [0.15, 0.2) is 0 Å². The Hall–Kier alpha value is -2.95. The molecule has 0 unspecified atom stereocenters. The van der Waals surface area contributed by atoms with E-state index < -0.39 is 36.5 Å². The average molecular weight is 531 g/mol. The molecule has 37 heavy (non-hydrogen) atoms. The lowest BCUT2D eigenvalue weighted by molar-refractivity contribution is -0.228. The van der Waals surface area contributed by atoms with Gasteiger partial charge in [0, 0.05) is 11.2 Å². The van der Waals surface area contributed by atoms with E-state index in [2.05, 4.69) is 5.10 Å². The van der Waals surface area contributed by atoms with Gasteiger partial charge in [-0.2, -0.15) is 5.10 Å². The summed E-state index contributed by atoms with van der Waals surface area (Å²) in [5.41, 5.74) is 2.62. The predicted octanol–water partition coefficient (Wildman–Crippen LogP) is 2.93. The summed E-state index contributed by atoms with van der Waals surface area (Å²) in [6.45, 7) is 4.38. The molecule has 0 spiro atoms. The number of ether oxygens (including phenoxy) is 3. The Morgan fingerprint density at radius 3 is 2.49 bits per heavy atom. The second-order valence-corrected chi connectivity index (χ2v) is 9.20. The standard InChI is InChI=1S/C27H31ClN2O7/c1-3-35-19-8-5-16(6-9-19)13-18-14-17(7-10-20(18)28)26-25(33)24(32)23(31)22(37-26)15-30-21(11-12-29-30)27(34)36-4-2/h5-12,14,22-26,31-33H,3-4,13,15H2,1-2H3/t22-,23-,24+,25-,26+/m1/s1. The summed E-state index contributed by atoms with van der Waals surface area (Å²) < 4.78 is 18.0. The third-order valence-electron chi connectivity index (χ3n) is 6.29. The van der Waals surface area contributed by atoms with Gasteiger partial charge in [-0.3, -0.25) is 4.68 Å². The summed E-state index contributed by atoms with van der Waals surface area (Å²) in [5, 5.41) is 36.7. The topological polar surface area (TPSA) is 123 Å². The van der Waals surface area contributed by atoms with Crippen molar-refractivity contribution in [3.05, 3.63) is 82.1 Å². The van der Waals surface area contributed by atoms with Crippen LogP contribution in [0.5, 0.6) is 5.75 Å². The zero-order chi connectivity index (χ0) is 26.5. The lowest BCUT2D eigenvalue weighted by atomic mass is 9.90. The van der Waals surface area contributed by atoms with E-state index in [-0.39, 0.29) is 18.8 Å². The Labute approximate surface area is 220 Å². The van der Waals surface area contributed by atoms with Crippen LogP contribution in [0, 0.1) is 0 Å². The number of aliphatic hydroxyl groups is 3. The molecule has 0 amide bonds. The minimum absolute atomic E-state index is 0.0325. The van der Waals surface area contributed by atoms with Crippen molar-refractivity contribution >= 4 is 17.6 Å². The van der Waals surface area contributed by atoms with Gasteiger partial charge in [-0.05, 0) is 61.2 Å². The fourth-order valence-corrected chi connectivity index (χ4v) is 4.59. The van der Waals surface area contributed by atoms with E-state index in [1.807, 2.05) is 37.3 Å². The van der Waals surface area contributed by atoms with Crippen LogP contribution in [0.15, 0.2) is 54.7 Å². The van der Waals surface area contributed by atoms with Crippen LogP contribution in [-0.4, -0.2) is 68.7 Å². The highest BCUT2D eigenvalue weighted by Crippen LogP contribution is 2.35. The van der Waals surface area contributed by atoms with Crippen molar-refractivity contribution in [1.29, 1.82) is 0 Å². The highest BCUT2D eigenvalue weighted by molar-refractivity contribution is 6.31. The first-order valence-corrected chi connectivity index (χ1v) is 12.6. The van der Waals surface area contributed by atoms with E-state index in [1.54, 1.807) is 19.1 Å². The molecule has 1 aliphatic heterocycles. The van der Waals surface area contributed by atoms with Gasteiger partial charge >= 0.3 is 5.97 Å². The third kappa shape index (κ3) is 6.14. The summed E-state index contributed by atoms with van der Waals surface area (Å²) in [5.74, 6) is 0.228. The largest absolute Gasteiger partial charge is 0.494 e. The molecule has 3 aromatic rings. The van der Waals surface area contributed by atoms with Gasteiger partial charge in [0.25, 0.3) is 0 Å². The quantitative estimate of drug-likeness (QED) is 0.361. The molecule has 198 valence electrons. The van der Waals surface area contributed by atoms with Crippen LogP contribution < -0.4 is 4.74 Å². The van der Waals surface area contributed by atoms with Crippen LogP contribution in [0.1, 0.15) is 47.1 Å². The van der Waals surface area contributed by atoms with Crippen LogP contribution >= 0.6 is 11.6 Å². The van der Waals surface area contributed by atoms with E-state index in [4.69, 9.17) is 25.8 Å². The van der Waals surface area contributed by atoms with E-state index in [0.29, 0.717) is 23.6 Å². The first-order valence-electron chi connectivity index (χ1n) is 12.2. The molecule has 1 aromatic heterocycles. The molecule has 0 aliphatic carbocycles. The van der Waals surface area contributed by atoms with Crippen LogP contribution in [0.4, 0.5) is 0 Å². The maximum atomic E-state index is 12.2. The Morgan fingerprint density at radius 2 is 1.78 bits per heavy atom. The molecule has 1 fully saturated rings. The molecule has 2 aromatic carbocycles. The van der Waals surface area contributed by atoms with Crippen LogP contribution in [0.3, 0.4) is 0 Å². The van der Waals surface area contributed by atoms with Crippen LogP contribution in [0.25, 0.3) is 0 Å². The third-order valence-corrected chi connectivity index (χ3v) is 6.66. The number of carbonyl (C=O) groups is 1. The first kappa shape index (κ1) is 27.1. The van der Waals surface area contributed by atoms with Crippen molar-refractivity contribution in [3.63, 3.8) is 0 Å². The monoisotopic (exact) mass is 530 g/mol. The van der Waals surface area contributed by atoms with E-state index in [1.165, 1.54) is 16.9 Å². The summed E-state index contributed by atoms with van der Waals surface area (Å²) in [4.78, 5) is 12.2. The number of nitrogens with zero attached hydrogens (tertiary/aromatic N) is 2. The van der Waals surface area contributed by atoms with Crippen LogP contribution in [-0.2, 0) is 22.4 Å². The number of carbonyl (C=O) groups excluding carboxylic acids is 1. The highest BCUT2D eigenvalue weighted by atomic mass is 35.5. The average Bonchev–Trinajstić information content (AvgIpc) is 3.35. The maximum Gasteiger partial charge on any atom is 0.356 e. The number of rotatable bonds is 9. The summed E-state index contributed by atoms with van der Waals surface area (Å²) in [7, 11) is 0. The predicted molar refractivity (Wildman–Crippen MR) is 136 cm³/mol. The van der Waals surface area contributed by atoms with Gasteiger partial charge in [-0.1, -0.05) is 35.9 Å². The minimum atomic E-state index is -1.48. The van der Waals surface area contributed by atoms with Gasteiger partial charge in [0.2, 0.25) is 0 Å². The van der Waals surface area contributed by atoms with Crippen molar-refractivity contribution in [2.24, 2.45) is 0 Å². The lowest BCUT2D eigenvalue weighted by Gasteiger charge is -2.41. The van der Waals surface area contributed by atoms with Gasteiger partial charge in [0.1, 0.15) is 42.0 Å². The smallest absolute Gasteiger partial charge is 0.356 e. The SMILES string of the molecule is CCOC(=O)c1ccnn1C[C@H]1O[C@@H](c2ccc(Cl)c(Cc3ccc(OCC)cc3)c2)[C@H](O)[C@@H](O)[C@@H]1O. The summed E-state index contributed by atoms with van der Waals surface area (Å²) in [6.07, 6.45) is -4.18. The number of aliphatic hydroxyl groups excluding tert-OH is 3. The number of hydrogen-bond donors (Lipinski definition) is 3. The molecule has 1 saturated heterocycles. The zero-order valence-electron chi connectivity index (χ0n) is 20.7. The van der Waals surface area contributed by atoms with E-state index >= 15 is 0 Å². The second-order valence-electron chi connectivity index (χ2n) is 8.79. The van der Waals surface area contributed by atoms with Gasteiger partial charge in [-0.25, -0.2) is 4.79 Å². The first-order chi connectivity index (χ1) is 17.8. The molecule has 0 bridgehead atoms. The molecule has 9 nitrogen and oxygen atoms in total. The summed E-state index contributed by atoms with van der Waals surface area (Å²) >= 11 is 6.48. The Kier molecular flexibility index (Phi) is 8.83. The molecular weight excluding hydrogens is 500 g/mol. The Balaban J connectivity index is 1.55. The normalized spacial score (nSPS) is 23.6. The number of esters is 1. The van der Waals surface area contributed by atoms with E-state index in [0.717, 1.165) is 16.9 Å². The van der Waals surface area contributed by atoms with Crippen molar-refractivity contribution < 1.29 is 34.3 Å². The van der Waals surface area contributed by atoms with Crippen molar-refractivity contribution in [3.8, 4) is 5.75 Å². The lowest BCUT2D eigenvalue weighted by Crippen LogP contribution is -2.55. The molecule has 4 rings (SSSR count). The molecule has 2 heterocycles. The number of hydrogen-bond acceptors (Lipinski definition) is 8. The van der Waals surface area contributed by atoms with Crippen LogP contribution in [0.2, 0.25) is 5.02 Å². The van der Waals surface area contributed by atoms with Gasteiger partial charge in [0.05, 0.1) is 19.8 Å². The fourth-order valence-electron chi connectivity index (χ4n) is 4.40. The zero-order valence-corrected chi connectivity index (χ0v) is 21.4. The molecule has 5 atom stereocenters. The Morgan fingerprint density at radius 1 is 1.03 bits per heavy atom. The molecule has 1 aliphatic rings.